The summed E-state index contributed by atoms with van der Waals surface area (Å²) in [4.78, 5) is 31.0. The Morgan fingerprint density at radius 2 is 0.433 bits per heavy atom. The number of hydrogen-bond donors (Lipinski definition) is 4. The van der Waals surface area contributed by atoms with Crippen molar-refractivity contribution in [1.82, 2.24) is 0 Å². The van der Waals surface area contributed by atoms with Crippen molar-refractivity contribution < 1.29 is 9.59 Å². The number of anilines is 8. The second-order valence-corrected chi connectivity index (χ2v) is 20.3. The number of nitrogens with one attached hydrogen (secondary N) is 4. The molecule has 0 radical (unpaired) electrons. The Balaban J connectivity index is 1.39. The first kappa shape index (κ1) is 42.0. The number of rotatable bonds is 8. The van der Waals surface area contributed by atoms with Gasteiger partial charge in [0.15, 0.2) is 11.6 Å². The Bertz CT molecular complexity index is 2200. The van der Waals surface area contributed by atoms with Crippen LogP contribution in [0.5, 0.6) is 0 Å². The zero-order valence-corrected chi connectivity index (χ0v) is 37.4. The largest absolute Gasteiger partial charge is 0.355 e. The molecule has 0 bridgehead atoms. The van der Waals surface area contributed by atoms with Gasteiger partial charge in [0.25, 0.3) is 0 Å². The maximum Gasteiger partial charge on any atom is 0.198 e. The van der Waals surface area contributed by atoms with Crippen molar-refractivity contribution in [2.24, 2.45) is 0 Å². The van der Waals surface area contributed by atoms with E-state index in [0.717, 1.165) is 22.7 Å². The highest BCUT2D eigenvalue weighted by Gasteiger charge is 2.38. The first-order chi connectivity index (χ1) is 28.1. The van der Waals surface area contributed by atoms with E-state index in [-0.39, 0.29) is 33.2 Å². The fraction of sp³-hybridized carbons (Fsp3) is 0.296. The van der Waals surface area contributed by atoms with Crippen molar-refractivity contribution in [3.63, 3.8) is 0 Å². The predicted molar refractivity (Wildman–Crippen MR) is 253 cm³/mol. The molecule has 6 aromatic rings. The molecule has 1 aliphatic rings. The summed E-state index contributed by atoms with van der Waals surface area (Å²) in [5.41, 5.74) is 11.5. The lowest BCUT2D eigenvalue weighted by atomic mass is 9.80. The first-order valence-electron chi connectivity index (χ1n) is 21.0. The lowest BCUT2D eigenvalue weighted by molar-refractivity contribution is 0.0981. The van der Waals surface area contributed by atoms with Gasteiger partial charge in [0, 0.05) is 22.7 Å². The van der Waals surface area contributed by atoms with Crippen LogP contribution >= 0.6 is 0 Å². The minimum absolute atomic E-state index is 0.0149. The van der Waals surface area contributed by atoms with Crippen molar-refractivity contribution in [2.75, 3.05) is 21.3 Å². The minimum Gasteiger partial charge on any atom is -0.355 e. The molecule has 0 fully saturated rings. The van der Waals surface area contributed by atoms with E-state index in [4.69, 9.17) is 0 Å². The summed E-state index contributed by atoms with van der Waals surface area (Å²) in [5.74, 6) is -0.499. The molecule has 0 unspecified atom stereocenters. The van der Waals surface area contributed by atoms with Crippen LogP contribution in [0.1, 0.15) is 137 Å². The lowest BCUT2D eigenvalue weighted by Gasteiger charge is -2.28. The van der Waals surface area contributed by atoms with E-state index < -0.39 is 0 Å². The molecule has 308 valence electrons. The average molecular weight is 797 g/mol. The molecule has 4 N–H and O–H groups in total. The van der Waals surface area contributed by atoms with Crippen LogP contribution in [-0.4, -0.2) is 11.6 Å². The van der Waals surface area contributed by atoms with Gasteiger partial charge in [-0.05, 0) is 117 Å². The second-order valence-electron chi connectivity index (χ2n) is 20.3. The van der Waals surface area contributed by atoms with Crippen LogP contribution in [0.4, 0.5) is 45.5 Å². The normalized spacial score (nSPS) is 13.1. The van der Waals surface area contributed by atoms with Crippen LogP contribution in [0.25, 0.3) is 0 Å². The van der Waals surface area contributed by atoms with Gasteiger partial charge in [0.05, 0.1) is 45.0 Å². The van der Waals surface area contributed by atoms with Crippen LogP contribution in [0, 0.1) is 0 Å². The van der Waals surface area contributed by atoms with Gasteiger partial charge in [0.2, 0.25) is 0 Å². The number of benzene rings is 6. The summed E-state index contributed by atoms with van der Waals surface area (Å²) in [5, 5.41) is 14.1. The molecular weight excluding hydrogens is 737 g/mol. The second kappa shape index (κ2) is 15.5. The third-order valence-corrected chi connectivity index (χ3v) is 11.4. The van der Waals surface area contributed by atoms with E-state index in [2.05, 4.69) is 153 Å². The molecule has 0 saturated heterocycles. The molecule has 6 nitrogen and oxygen atoms in total. The smallest absolute Gasteiger partial charge is 0.198 e. The van der Waals surface area contributed by atoms with Gasteiger partial charge in [-0.25, -0.2) is 0 Å². The highest BCUT2D eigenvalue weighted by Crippen LogP contribution is 2.44. The molecule has 6 aromatic carbocycles. The summed E-state index contributed by atoms with van der Waals surface area (Å²) in [6.45, 7) is 26.2. The fourth-order valence-corrected chi connectivity index (χ4v) is 7.65. The van der Waals surface area contributed by atoms with Gasteiger partial charge in [-0.15, -0.1) is 0 Å². The minimum atomic E-state index is -0.249. The Labute approximate surface area is 357 Å². The number of fused-ring (bicyclic) bond motifs is 2. The molecule has 0 spiro atoms. The van der Waals surface area contributed by atoms with Crippen molar-refractivity contribution >= 4 is 57.1 Å². The van der Waals surface area contributed by atoms with Crippen molar-refractivity contribution in [1.29, 1.82) is 0 Å². The summed E-state index contributed by atoms with van der Waals surface area (Å²) >= 11 is 0. The summed E-state index contributed by atoms with van der Waals surface area (Å²) in [6, 6.07) is 40.7. The molecule has 0 atom stereocenters. The van der Waals surface area contributed by atoms with Gasteiger partial charge < -0.3 is 21.3 Å². The van der Waals surface area contributed by atoms with Gasteiger partial charge in [-0.1, -0.05) is 132 Å². The van der Waals surface area contributed by atoms with E-state index >= 15 is 9.59 Å². The van der Waals surface area contributed by atoms with E-state index in [1.54, 1.807) is 0 Å². The van der Waals surface area contributed by atoms with Crippen LogP contribution in [0.2, 0.25) is 0 Å². The molecule has 1 aliphatic carbocycles. The standard InChI is InChI=1S/C54H60N4O2/c1-51(2,3)33-13-21-37(22-14-33)55-41-29-30-42(56-38-23-15-34(16-24-38)52(4,5)6)46-45(41)49(59)47-43(57-39-25-17-35(18-26-39)53(7,8)9)31-32-44(48(47)50(46)60)58-40-27-19-36(20-28-40)54(10,11)12/h13-32,55-58H,1-12H3. The Kier molecular flexibility index (Phi) is 10.8. The van der Waals surface area contributed by atoms with Gasteiger partial charge >= 0.3 is 0 Å². The predicted octanol–water partition coefficient (Wildman–Crippen LogP) is 14.6. The molecule has 60 heavy (non-hydrogen) atoms. The SMILES string of the molecule is CC(C)(C)c1ccc(Nc2ccc(Nc3ccc(C(C)(C)C)cc3)c3c2C(=O)c2c(Nc4ccc(C(C)(C)C)cc4)ccc(Nc4ccc(C(C)(C)C)cc4)c2C3=O)cc1. The molecule has 0 heterocycles. The maximum atomic E-state index is 15.5. The highest BCUT2D eigenvalue weighted by atomic mass is 16.1. The van der Waals surface area contributed by atoms with Gasteiger partial charge in [0.1, 0.15) is 0 Å². The van der Waals surface area contributed by atoms with E-state index in [0.29, 0.717) is 45.0 Å². The number of ketones is 2. The molecule has 0 saturated carbocycles. The summed E-state index contributed by atoms with van der Waals surface area (Å²) < 4.78 is 0. The molecule has 0 amide bonds. The molecular formula is C54H60N4O2. The Morgan fingerprint density at radius 1 is 0.267 bits per heavy atom. The van der Waals surface area contributed by atoms with Crippen molar-refractivity contribution in [3.05, 3.63) is 166 Å². The van der Waals surface area contributed by atoms with E-state index in [1.807, 2.05) is 72.8 Å². The monoisotopic (exact) mass is 796 g/mol. The molecule has 6 heteroatoms. The summed E-state index contributed by atoms with van der Waals surface area (Å²) in [6.07, 6.45) is 0. The molecule has 0 aromatic heterocycles. The average Bonchev–Trinajstić information content (AvgIpc) is 3.17. The highest BCUT2D eigenvalue weighted by molar-refractivity contribution is 6.35. The van der Waals surface area contributed by atoms with E-state index in [9.17, 15) is 0 Å². The number of carbonyl (C=O) groups excluding carboxylic acids is 2. The van der Waals surface area contributed by atoms with Crippen molar-refractivity contribution in [3.8, 4) is 0 Å². The van der Waals surface area contributed by atoms with Crippen molar-refractivity contribution in [2.45, 2.75) is 105 Å². The van der Waals surface area contributed by atoms with Gasteiger partial charge in [-0.3, -0.25) is 9.59 Å². The maximum absolute atomic E-state index is 15.5. The van der Waals surface area contributed by atoms with Crippen LogP contribution in [0.15, 0.2) is 121 Å². The zero-order chi connectivity index (χ0) is 43.4. The van der Waals surface area contributed by atoms with E-state index in [1.165, 1.54) is 22.3 Å². The lowest BCUT2D eigenvalue weighted by Crippen LogP contribution is -2.26. The zero-order valence-electron chi connectivity index (χ0n) is 37.4. The van der Waals surface area contributed by atoms with Crippen LogP contribution in [0.3, 0.4) is 0 Å². The number of carbonyl (C=O) groups is 2. The third kappa shape index (κ3) is 8.74. The van der Waals surface area contributed by atoms with Gasteiger partial charge in [-0.2, -0.15) is 0 Å². The molecule has 0 aliphatic heterocycles. The van der Waals surface area contributed by atoms with Crippen LogP contribution in [-0.2, 0) is 21.7 Å². The Hall–Kier alpha value is -6.14. The first-order valence-corrected chi connectivity index (χ1v) is 21.0. The summed E-state index contributed by atoms with van der Waals surface area (Å²) in [7, 11) is 0. The molecule has 7 rings (SSSR count). The third-order valence-electron chi connectivity index (χ3n) is 11.4. The van der Waals surface area contributed by atoms with Crippen LogP contribution < -0.4 is 21.3 Å². The Morgan fingerprint density at radius 3 is 0.583 bits per heavy atom. The number of hydrogen-bond acceptors (Lipinski definition) is 6. The quantitative estimate of drug-likeness (QED) is 0.123. The topological polar surface area (TPSA) is 82.3 Å². The fourth-order valence-electron chi connectivity index (χ4n) is 7.65.